The molecule has 5 heteroatoms. The maximum Gasteiger partial charge on any atom is 0.244 e. The van der Waals surface area contributed by atoms with E-state index in [2.05, 4.69) is 39.7 Å². The Hall–Kier alpha value is -1.39. The van der Waals surface area contributed by atoms with Crippen LogP contribution in [0.25, 0.3) is 0 Å². The minimum absolute atomic E-state index is 0.515. The number of anilines is 2. The lowest BCUT2D eigenvalue weighted by Gasteiger charge is -2.22. The lowest BCUT2D eigenvalue weighted by molar-refractivity contribution is 0.460. The standard InChI is InChI=1S/C14H25N5/c1-11(2)8-9-15-13-10-16-19-14(18-13)17-12-6-4-3-5-7-12/h10-12H,3-9H2,1-2H3,(H2,15,17,18,19). The van der Waals surface area contributed by atoms with Crippen molar-refractivity contribution in [1.29, 1.82) is 0 Å². The molecule has 1 saturated carbocycles. The summed E-state index contributed by atoms with van der Waals surface area (Å²) in [6.45, 7) is 5.37. The van der Waals surface area contributed by atoms with Crippen molar-refractivity contribution in [2.45, 2.75) is 58.4 Å². The summed E-state index contributed by atoms with van der Waals surface area (Å²) >= 11 is 0. The first-order valence-electron chi connectivity index (χ1n) is 7.44. The number of aromatic nitrogens is 3. The zero-order valence-electron chi connectivity index (χ0n) is 12.0. The van der Waals surface area contributed by atoms with Gasteiger partial charge in [0.1, 0.15) is 5.82 Å². The van der Waals surface area contributed by atoms with Gasteiger partial charge in [-0.05, 0) is 25.2 Å². The molecule has 1 aliphatic carbocycles. The summed E-state index contributed by atoms with van der Waals surface area (Å²) < 4.78 is 0. The van der Waals surface area contributed by atoms with Crippen LogP contribution in [-0.2, 0) is 0 Å². The molecule has 1 heterocycles. The molecule has 1 aliphatic rings. The van der Waals surface area contributed by atoms with Gasteiger partial charge < -0.3 is 10.6 Å². The average Bonchev–Trinajstić information content (AvgIpc) is 2.40. The first-order valence-corrected chi connectivity index (χ1v) is 7.44. The molecule has 19 heavy (non-hydrogen) atoms. The van der Waals surface area contributed by atoms with Gasteiger partial charge in [0.05, 0.1) is 6.20 Å². The fourth-order valence-corrected chi connectivity index (χ4v) is 2.37. The number of hydrogen-bond donors (Lipinski definition) is 2. The molecular weight excluding hydrogens is 238 g/mol. The predicted octanol–water partition coefficient (Wildman–Crippen LogP) is 3.07. The molecule has 1 fully saturated rings. The summed E-state index contributed by atoms with van der Waals surface area (Å²) in [5.41, 5.74) is 0. The summed E-state index contributed by atoms with van der Waals surface area (Å²) in [6, 6.07) is 0.515. The van der Waals surface area contributed by atoms with Gasteiger partial charge in [-0.2, -0.15) is 10.1 Å². The molecule has 0 bridgehead atoms. The van der Waals surface area contributed by atoms with Gasteiger partial charge in [0, 0.05) is 12.6 Å². The number of nitrogens with zero attached hydrogens (tertiary/aromatic N) is 3. The van der Waals surface area contributed by atoms with Crippen molar-refractivity contribution < 1.29 is 0 Å². The Labute approximate surface area is 115 Å². The number of nitrogens with one attached hydrogen (secondary N) is 2. The largest absolute Gasteiger partial charge is 0.369 e. The SMILES string of the molecule is CC(C)CCNc1cnnc(NC2CCCCC2)n1. The van der Waals surface area contributed by atoms with E-state index >= 15 is 0 Å². The maximum atomic E-state index is 4.47. The lowest BCUT2D eigenvalue weighted by Crippen LogP contribution is -2.24. The molecule has 0 aromatic carbocycles. The van der Waals surface area contributed by atoms with Crippen LogP contribution in [0.4, 0.5) is 11.8 Å². The summed E-state index contributed by atoms with van der Waals surface area (Å²) in [4.78, 5) is 4.47. The number of hydrogen-bond acceptors (Lipinski definition) is 5. The van der Waals surface area contributed by atoms with Gasteiger partial charge in [0.2, 0.25) is 5.95 Å². The Bertz CT molecular complexity index is 374. The van der Waals surface area contributed by atoms with Crippen molar-refractivity contribution in [3.8, 4) is 0 Å². The van der Waals surface area contributed by atoms with E-state index in [-0.39, 0.29) is 0 Å². The second-order valence-electron chi connectivity index (χ2n) is 5.75. The normalized spacial score (nSPS) is 16.6. The fraction of sp³-hybridized carbons (Fsp3) is 0.786. The third-order valence-corrected chi connectivity index (χ3v) is 3.53. The zero-order chi connectivity index (χ0) is 13.5. The predicted molar refractivity (Wildman–Crippen MR) is 78.3 cm³/mol. The smallest absolute Gasteiger partial charge is 0.244 e. The highest BCUT2D eigenvalue weighted by Gasteiger charge is 2.14. The van der Waals surface area contributed by atoms with Crippen molar-refractivity contribution in [1.82, 2.24) is 15.2 Å². The van der Waals surface area contributed by atoms with Crippen LogP contribution in [0.1, 0.15) is 52.4 Å². The fourth-order valence-electron chi connectivity index (χ4n) is 2.37. The Kier molecular flexibility index (Phi) is 5.36. The molecule has 0 amide bonds. The molecule has 0 saturated heterocycles. The van der Waals surface area contributed by atoms with Crippen molar-refractivity contribution in [3.63, 3.8) is 0 Å². The maximum absolute atomic E-state index is 4.47. The topological polar surface area (TPSA) is 62.7 Å². The highest BCUT2D eigenvalue weighted by molar-refractivity contribution is 5.37. The van der Waals surface area contributed by atoms with Crippen LogP contribution >= 0.6 is 0 Å². The van der Waals surface area contributed by atoms with Crippen LogP contribution in [0.15, 0.2) is 6.20 Å². The quantitative estimate of drug-likeness (QED) is 0.826. The first-order chi connectivity index (χ1) is 9.24. The third kappa shape index (κ3) is 5.01. The van der Waals surface area contributed by atoms with Crippen LogP contribution in [0.2, 0.25) is 0 Å². The van der Waals surface area contributed by atoms with E-state index in [1.165, 1.54) is 32.1 Å². The highest BCUT2D eigenvalue weighted by atomic mass is 15.3. The minimum Gasteiger partial charge on any atom is -0.369 e. The Balaban J connectivity index is 1.83. The van der Waals surface area contributed by atoms with Crippen LogP contribution < -0.4 is 10.6 Å². The molecule has 0 aliphatic heterocycles. The van der Waals surface area contributed by atoms with Gasteiger partial charge in [0.15, 0.2) is 0 Å². The van der Waals surface area contributed by atoms with Gasteiger partial charge >= 0.3 is 0 Å². The number of rotatable bonds is 6. The molecule has 0 atom stereocenters. The molecule has 0 unspecified atom stereocenters. The van der Waals surface area contributed by atoms with E-state index in [9.17, 15) is 0 Å². The molecule has 0 radical (unpaired) electrons. The average molecular weight is 263 g/mol. The Morgan fingerprint density at radius 1 is 1.26 bits per heavy atom. The lowest BCUT2D eigenvalue weighted by atomic mass is 9.96. The molecule has 106 valence electrons. The second kappa shape index (κ2) is 7.26. The van der Waals surface area contributed by atoms with Crippen LogP contribution in [0.3, 0.4) is 0 Å². The second-order valence-corrected chi connectivity index (χ2v) is 5.75. The zero-order valence-corrected chi connectivity index (χ0v) is 12.0. The monoisotopic (exact) mass is 263 g/mol. The molecule has 2 rings (SSSR count). The van der Waals surface area contributed by atoms with E-state index in [4.69, 9.17) is 0 Å². The van der Waals surface area contributed by atoms with Crippen LogP contribution in [0, 0.1) is 5.92 Å². The summed E-state index contributed by atoms with van der Waals surface area (Å²) in [5, 5.41) is 14.8. The first kappa shape index (κ1) is 14.0. The minimum atomic E-state index is 0.515. The molecule has 5 nitrogen and oxygen atoms in total. The summed E-state index contributed by atoms with van der Waals surface area (Å²) in [6.07, 6.45) is 9.22. The third-order valence-electron chi connectivity index (χ3n) is 3.53. The van der Waals surface area contributed by atoms with Gasteiger partial charge in [-0.15, -0.1) is 5.10 Å². The van der Waals surface area contributed by atoms with E-state index in [1.807, 2.05) is 0 Å². The highest BCUT2D eigenvalue weighted by Crippen LogP contribution is 2.20. The van der Waals surface area contributed by atoms with Crippen LogP contribution in [0.5, 0.6) is 0 Å². The van der Waals surface area contributed by atoms with Gasteiger partial charge in [-0.25, -0.2) is 0 Å². The molecule has 1 aromatic rings. The van der Waals surface area contributed by atoms with Crippen molar-refractivity contribution in [2.75, 3.05) is 17.2 Å². The Morgan fingerprint density at radius 2 is 2.05 bits per heavy atom. The molecule has 0 spiro atoms. The summed E-state index contributed by atoms with van der Waals surface area (Å²) in [5.74, 6) is 2.16. The summed E-state index contributed by atoms with van der Waals surface area (Å²) in [7, 11) is 0. The van der Waals surface area contributed by atoms with Gasteiger partial charge in [-0.3, -0.25) is 0 Å². The van der Waals surface area contributed by atoms with E-state index in [0.29, 0.717) is 17.9 Å². The van der Waals surface area contributed by atoms with Gasteiger partial charge in [0.25, 0.3) is 0 Å². The van der Waals surface area contributed by atoms with Gasteiger partial charge in [-0.1, -0.05) is 33.1 Å². The van der Waals surface area contributed by atoms with Crippen LogP contribution in [-0.4, -0.2) is 27.8 Å². The molecule has 1 aromatic heterocycles. The Morgan fingerprint density at radius 3 is 2.79 bits per heavy atom. The van der Waals surface area contributed by atoms with E-state index in [0.717, 1.165) is 18.8 Å². The van der Waals surface area contributed by atoms with E-state index < -0.39 is 0 Å². The molecular formula is C14H25N5. The van der Waals surface area contributed by atoms with Crippen molar-refractivity contribution in [2.24, 2.45) is 5.92 Å². The van der Waals surface area contributed by atoms with Crippen molar-refractivity contribution in [3.05, 3.63) is 6.20 Å². The van der Waals surface area contributed by atoms with Crippen molar-refractivity contribution >= 4 is 11.8 Å². The van der Waals surface area contributed by atoms with E-state index in [1.54, 1.807) is 6.20 Å². The molecule has 2 N–H and O–H groups in total.